The van der Waals surface area contributed by atoms with Gasteiger partial charge in [0, 0.05) is 12.6 Å². The van der Waals surface area contributed by atoms with Crippen molar-refractivity contribution in [2.45, 2.75) is 52.5 Å². The van der Waals surface area contributed by atoms with Crippen LogP contribution in [0.4, 0.5) is 4.39 Å². The van der Waals surface area contributed by atoms with Gasteiger partial charge in [0.25, 0.3) is 0 Å². The van der Waals surface area contributed by atoms with Gasteiger partial charge in [-0.1, -0.05) is 39.5 Å². The molecule has 0 saturated heterocycles. The average Bonchev–Trinajstić information content (AvgIpc) is 2.70. The third-order valence-electron chi connectivity index (χ3n) is 3.73. The number of rotatable bonds is 7. The van der Waals surface area contributed by atoms with Crippen molar-refractivity contribution in [1.82, 2.24) is 9.55 Å². The summed E-state index contributed by atoms with van der Waals surface area (Å²) in [6.45, 7) is 5.42. The van der Waals surface area contributed by atoms with E-state index in [0.717, 1.165) is 29.9 Å². The Hall–Kier alpha value is -0.680. The lowest BCUT2D eigenvalue weighted by Gasteiger charge is -2.06. The molecule has 21 heavy (non-hydrogen) atoms. The molecule has 0 bridgehead atoms. The second-order valence-corrected chi connectivity index (χ2v) is 7.20. The Kier molecular flexibility index (Phi) is 5.99. The SMILES string of the molecule is CC(C)CCCCCCn1c(=S)[nH]c2cc(F)c(Br)cc21. The molecule has 0 aliphatic heterocycles. The maximum atomic E-state index is 13.5. The first-order valence-electron chi connectivity index (χ1n) is 7.56. The van der Waals surface area contributed by atoms with E-state index in [9.17, 15) is 4.39 Å². The van der Waals surface area contributed by atoms with Crippen LogP contribution in [0.2, 0.25) is 0 Å². The number of aromatic amines is 1. The zero-order chi connectivity index (χ0) is 15.4. The molecule has 2 rings (SSSR count). The van der Waals surface area contributed by atoms with E-state index in [-0.39, 0.29) is 5.82 Å². The van der Waals surface area contributed by atoms with Gasteiger partial charge in [-0.05, 0) is 46.6 Å². The van der Waals surface area contributed by atoms with Crippen molar-refractivity contribution in [2.75, 3.05) is 0 Å². The number of nitrogens with one attached hydrogen (secondary N) is 1. The van der Waals surface area contributed by atoms with Gasteiger partial charge in [-0.15, -0.1) is 0 Å². The summed E-state index contributed by atoms with van der Waals surface area (Å²) in [5, 5.41) is 0. The van der Waals surface area contributed by atoms with Crippen LogP contribution in [0.1, 0.15) is 46.0 Å². The van der Waals surface area contributed by atoms with Crippen LogP contribution in [-0.2, 0) is 6.54 Å². The summed E-state index contributed by atoms with van der Waals surface area (Å²) in [5.74, 6) is 0.527. The minimum Gasteiger partial charge on any atom is -0.330 e. The molecule has 2 aromatic rings. The van der Waals surface area contributed by atoms with Gasteiger partial charge < -0.3 is 9.55 Å². The minimum atomic E-state index is -0.264. The summed E-state index contributed by atoms with van der Waals surface area (Å²) in [6, 6.07) is 3.30. The van der Waals surface area contributed by atoms with Crippen molar-refractivity contribution in [3.63, 3.8) is 0 Å². The molecule has 5 heteroatoms. The molecular weight excluding hydrogens is 351 g/mol. The highest BCUT2D eigenvalue weighted by Gasteiger charge is 2.08. The topological polar surface area (TPSA) is 20.7 Å². The molecule has 0 radical (unpaired) electrons. The Morgan fingerprint density at radius 3 is 2.67 bits per heavy atom. The highest BCUT2D eigenvalue weighted by molar-refractivity contribution is 9.10. The molecule has 2 nitrogen and oxygen atoms in total. The van der Waals surface area contributed by atoms with Gasteiger partial charge in [-0.3, -0.25) is 0 Å². The highest BCUT2D eigenvalue weighted by atomic mass is 79.9. The second kappa shape index (κ2) is 7.54. The summed E-state index contributed by atoms with van der Waals surface area (Å²) < 4.78 is 16.8. The molecule has 0 unspecified atom stereocenters. The highest BCUT2D eigenvalue weighted by Crippen LogP contribution is 2.23. The zero-order valence-electron chi connectivity index (χ0n) is 12.6. The molecule has 0 amide bonds. The Balaban J connectivity index is 1.97. The lowest BCUT2D eigenvalue weighted by Crippen LogP contribution is -1.98. The van der Waals surface area contributed by atoms with E-state index in [4.69, 9.17) is 12.2 Å². The molecule has 1 N–H and O–H groups in total. The van der Waals surface area contributed by atoms with Crippen LogP contribution < -0.4 is 0 Å². The van der Waals surface area contributed by atoms with E-state index in [2.05, 4.69) is 39.3 Å². The van der Waals surface area contributed by atoms with E-state index in [0.29, 0.717) is 9.24 Å². The number of H-pyrrole nitrogens is 1. The van der Waals surface area contributed by atoms with Crippen LogP contribution in [0.15, 0.2) is 16.6 Å². The van der Waals surface area contributed by atoms with Crippen LogP contribution in [0.3, 0.4) is 0 Å². The Morgan fingerprint density at radius 2 is 1.95 bits per heavy atom. The molecule has 0 aliphatic carbocycles. The molecule has 0 spiro atoms. The fourth-order valence-corrected chi connectivity index (χ4v) is 3.18. The minimum absolute atomic E-state index is 0.264. The van der Waals surface area contributed by atoms with Crippen molar-refractivity contribution in [2.24, 2.45) is 5.92 Å². The molecule has 0 atom stereocenters. The third-order valence-corrected chi connectivity index (χ3v) is 4.66. The van der Waals surface area contributed by atoms with Crippen molar-refractivity contribution in [3.05, 3.63) is 27.2 Å². The zero-order valence-corrected chi connectivity index (χ0v) is 15.0. The first-order chi connectivity index (χ1) is 9.99. The van der Waals surface area contributed by atoms with Crippen LogP contribution in [0.25, 0.3) is 11.0 Å². The number of aromatic nitrogens is 2. The van der Waals surface area contributed by atoms with Gasteiger partial charge in [0.15, 0.2) is 4.77 Å². The number of hydrogen-bond acceptors (Lipinski definition) is 1. The Morgan fingerprint density at radius 1 is 1.24 bits per heavy atom. The Labute approximate surface area is 138 Å². The van der Waals surface area contributed by atoms with Crippen molar-refractivity contribution in [3.8, 4) is 0 Å². The van der Waals surface area contributed by atoms with Crippen LogP contribution in [0, 0.1) is 16.5 Å². The predicted octanol–water partition coefficient (Wildman–Crippen LogP) is 6.21. The van der Waals surface area contributed by atoms with Crippen molar-refractivity contribution in [1.29, 1.82) is 0 Å². The maximum absolute atomic E-state index is 13.5. The van der Waals surface area contributed by atoms with Gasteiger partial charge in [-0.25, -0.2) is 4.39 Å². The fourth-order valence-electron chi connectivity index (χ4n) is 2.55. The molecule has 1 aromatic carbocycles. The number of aryl methyl sites for hydroxylation is 1. The normalized spacial score (nSPS) is 11.7. The first kappa shape index (κ1) is 16.7. The van der Waals surface area contributed by atoms with Crippen LogP contribution in [0.5, 0.6) is 0 Å². The molecule has 0 aliphatic rings. The van der Waals surface area contributed by atoms with Gasteiger partial charge in [0.2, 0.25) is 0 Å². The summed E-state index contributed by atoms with van der Waals surface area (Å²) in [4.78, 5) is 3.08. The quantitative estimate of drug-likeness (QED) is 0.452. The summed E-state index contributed by atoms with van der Waals surface area (Å²) in [6.07, 6.45) is 6.19. The summed E-state index contributed by atoms with van der Waals surface area (Å²) >= 11 is 8.58. The van der Waals surface area contributed by atoms with Gasteiger partial charge in [0.1, 0.15) is 5.82 Å². The van der Waals surface area contributed by atoms with Crippen LogP contribution >= 0.6 is 28.1 Å². The number of benzene rings is 1. The van der Waals surface area contributed by atoms with Gasteiger partial charge in [0.05, 0.1) is 15.5 Å². The molecule has 0 saturated carbocycles. The standard InChI is InChI=1S/C16H22BrFN2S/c1-11(2)7-5-3-4-6-8-20-15-9-12(17)13(18)10-14(15)19-16(20)21/h9-11H,3-8H2,1-2H3,(H,19,21). The Bertz CT molecular complexity index is 660. The van der Waals surface area contributed by atoms with Crippen LogP contribution in [-0.4, -0.2) is 9.55 Å². The van der Waals surface area contributed by atoms with Gasteiger partial charge in [-0.2, -0.15) is 0 Å². The van der Waals surface area contributed by atoms with E-state index >= 15 is 0 Å². The van der Waals surface area contributed by atoms with E-state index in [1.807, 2.05) is 0 Å². The monoisotopic (exact) mass is 372 g/mol. The number of unbranched alkanes of at least 4 members (excludes halogenated alkanes) is 3. The summed E-state index contributed by atoms with van der Waals surface area (Å²) in [7, 11) is 0. The lowest BCUT2D eigenvalue weighted by atomic mass is 10.0. The number of imidazole rings is 1. The van der Waals surface area contributed by atoms with Crippen molar-refractivity contribution >= 4 is 39.2 Å². The molecule has 116 valence electrons. The summed E-state index contributed by atoms with van der Waals surface area (Å²) in [5.41, 5.74) is 1.73. The predicted molar refractivity (Wildman–Crippen MR) is 92.7 cm³/mol. The fraction of sp³-hybridized carbons (Fsp3) is 0.562. The third kappa shape index (κ3) is 4.39. The van der Waals surface area contributed by atoms with E-state index < -0.39 is 0 Å². The average molecular weight is 373 g/mol. The number of hydrogen-bond donors (Lipinski definition) is 1. The van der Waals surface area contributed by atoms with Crippen molar-refractivity contribution < 1.29 is 4.39 Å². The van der Waals surface area contributed by atoms with Gasteiger partial charge >= 0.3 is 0 Å². The van der Waals surface area contributed by atoms with E-state index in [1.54, 1.807) is 6.07 Å². The molecule has 1 aromatic heterocycles. The maximum Gasteiger partial charge on any atom is 0.178 e. The lowest BCUT2D eigenvalue weighted by molar-refractivity contribution is 0.507. The molecule has 1 heterocycles. The second-order valence-electron chi connectivity index (χ2n) is 5.96. The van der Waals surface area contributed by atoms with E-state index in [1.165, 1.54) is 31.7 Å². The largest absolute Gasteiger partial charge is 0.330 e. The first-order valence-corrected chi connectivity index (χ1v) is 8.76. The molecular formula is C16H22BrFN2S. The number of nitrogens with zero attached hydrogens (tertiary/aromatic N) is 1. The molecule has 0 fully saturated rings. The number of fused-ring (bicyclic) bond motifs is 1. The number of halogens is 2. The smallest absolute Gasteiger partial charge is 0.178 e.